The molecule has 0 N–H and O–H groups in total. The van der Waals surface area contributed by atoms with Gasteiger partial charge in [0, 0.05) is 44.7 Å². The molecule has 4 nitrogen and oxygen atoms in total. The second kappa shape index (κ2) is 10.3. The third kappa shape index (κ3) is 3.96. The zero-order valence-electron chi connectivity index (χ0n) is 24.8. The molecule has 0 aliphatic heterocycles. The van der Waals surface area contributed by atoms with Crippen molar-refractivity contribution in [2.24, 2.45) is 0 Å². The first-order valence-electron chi connectivity index (χ1n) is 15.4. The van der Waals surface area contributed by atoms with Crippen molar-refractivity contribution in [3.05, 3.63) is 163 Å². The average Bonchev–Trinajstić information content (AvgIpc) is 3.65. The minimum absolute atomic E-state index is 0.601. The Morgan fingerprint density at radius 1 is 0.478 bits per heavy atom. The standard InChI is InChI=1S/C42H26N4/c43-27-28-22-23-44-37(24-28)31-12-8-10-29(25-31)30-11-9-15-33(26-30)45-39-19-7-5-17-36(39)41-40(45)21-20-35-34-16-4-6-18-38(34)46(42(35)41)32-13-2-1-3-14-32/h1-26H. The summed E-state index contributed by atoms with van der Waals surface area (Å²) < 4.78 is 4.81. The molecule has 214 valence electrons. The largest absolute Gasteiger partial charge is 0.309 e. The van der Waals surface area contributed by atoms with Crippen LogP contribution in [0.25, 0.3) is 77.4 Å². The number of para-hydroxylation sites is 3. The van der Waals surface area contributed by atoms with Crippen molar-refractivity contribution in [1.29, 1.82) is 5.26 Å². The van der Waals surface area contributed by atoms with Gasteiger partial charge >= 0.3 is 0 Å². The molecule has 0 unspecified atom stereocenters. The van der Waals surface area contributed by atoms with E-state index in [2.05, 4.69) is 154 Å². The van der Waals surface area contributed by atoms with Crippen LogP contribution in [-0.4, -0.2) is 14.1 Å². The fraction of sp³-hybridized carbons (Fsp3) is 0. The van der Waals surface area contributed by atoms with Crippen molar-refractivity contribution in [3.63, 3.8) is 0 Å². The van der Waals surface area contributed by atoms with Gasteiger partial charge in [0.25, 0.3) is 0 Å². The van der Waals surface area contributed by atoms with Crippen molar-refractivity contribution in [1.82, 2.24) is 14.1 Å². The second-order valence-electron chi connectivity index (χ2n) is 11.6. The smallest absolute Gasteiger partial charge is 0.0992 e. The van der Waals surface area contributed by atoms with E-state index in [4.69, 9.17) is 0 Å². The van der Waals surface area contributed by atoms with Gasteiger partial charge in [-0.1, -0.05) is 91.0 Å². The summed E-state index contributed by atoms with van der Waals surface area (Å²) in [6.45, 7) is 0. The molecule has 0 spiro atoms. The molecule has 9 aromatic rings. The van der Waals surface area contributed by atoms with Crippen molar-refractivity contribution in [2.45, 2.75) is 0 Å². The summed E-state index contributed by atoms with van der Waals surface area (Å²) >= 11 is 0. The molecule has 3 aromatic heterocycles. The van der Waals surface area contributed by atoms with Gasteiger partial charge in [0.05, 0.1) is 39.4 Å². The van der Waals surface area contributed by atoms with Gasteiger partial charge in [-0.05, 0) is 71.8 Å². The highest BCUT2D eigenvalue weighted by molar-refractivity contribution is 6.26. The number of hydrogen-bond donors (Lipinski definition) is 0. The number of nitriles is 1. The summed E-state index contributed by atoms with van der Waals surface area (Å²) in [5.74, 6) is 0. The predicted octanol–water partition coefficient (Wildman–Crippen LogP) is 10.5. The minimum atomic E-state index is 0.601. The van der Waals surface area contributed by atoms with Gasteiger partial charge < -0.3 is 9.13 Å². The minimum Gasteiger partial charge on any atom is -0.309 e. The summed E-state index contributed by atoms with van der Waals surface area (Å²) in [7, 11) is 0. The first-order valence-corrected chi connectivity index (χ1v) is 15.4. The van der Waals surface area contributed by atoms with Crippen molar-refractivity contribution in [3.8, 4) is 39.8 Å². The van der Waals surface area contributed by atoms with Crippen LogP contribution in [0, 0.1) is 11.3 Å². The fourth-order valence-corrected chi connectivity index (χ4v) is 6.97. The molecule has 0 amide bonds. The van der Waals surface area contributed by atoms with E-state index in [1.54, 1.807) is 12.3 Å². The Kier molecular flexibility index (Phi) is 5.84. The van der Waals surface area contributed by atoms with Gasteiger partial charge in [-0.15, -0.1) is 0 Å². The normalized spacial score (nSPS) is 11.5. The number of rotatable bonds is 4. The van der Waals surface area contributed by atoms with Crippen LogP contribution in [0.2, 0.25) is 0 Å². The lowest BCUT2D eigenvalue weighted by Crippen LogP contribution is -1.95. The van der Waals surface area contributed by atoms with Crippen LogP contribution < -0.4 is 0 Å². The molecule has 0 atom stereocenters. The van der Waals surface area contributed by atoms with Gasteiger partial charge in [0.15, 0.2) is 0 Å². The molecule has 0 bridgehead atoms. The van der Waals surface area contributed by atoms with Crippen LogP contribution >= 0.6 is 0 Å². The highest BCUT2D eigenvalue weighted by atomic mass is 15.0. The maximum atomic E-state index is 9.40. The van der Waals surface area contributed by atoms with E-state index >= 15 is 0 Å². The zero-order valence-corrected chi connectivity index (χ0v) is 24.8. The van der Waals surface area contributed by atoms with Crippen LogP contribution in [0.3, 0.4) is 0 Å². The van der Waals surface area contributed by atoms with E-state index in [0.29, 0.717) is 5.56 Å². The average molecular weight is 587 g/mol. The number of hydrogen-bond acceptors (Lipinski definition) is 2. The molecular formula is C42H26N4. The molecule has 46 heavy (non-hydrogen) atoms. The molecule has 0 aliphatic carbocycles. The second-order valence-corrected chi connectivity index (χ2v) is 11.6. The SMILES string of the molecule is N#Cc1ccnc(-c2cccc(-c3cccc(-n4c5ccccc5c5c4ccc4c6ccccc6n(-c6ccccc6)c45)c3)c2)c1. The van der Waals surface area contributed by atoms with Gasteiger partial charge in [0.2, 0.25) is 0 Å². The lowest BCUT2D eigenvalue weighted by atomic mass is 10.0. The Balaban J connectivity index is 1.29. The fourth-order valence-electron chi connectivity index (χ4n) is 6.97. The van der Waals surface area contributed by atoms with Crippen molar-refractivity contribution >= 4 is 43.6 Å². The zero-order chi connectivity index (χ0) is 30.6. The van der Waals surface area contributed by atoms with Gasteiger partial charge in [0.1, 0.15) is 0 Å². The third-order valence-corrected chi connectivity index (χ3v) is 8.97. The van der Waals surface area contributed by atoms with Crippen LogP contribution in [0.15, 0.2) is 158 Å². The quantitative estimate of drug-likeness (QED) is 0.206. The van der Waals surface area contributed by atoms with E-state index in [9.17, 15) is 5.26 Å². The first kappa shape index (κ1) is 26.0. The highest BCUT2D eigenvalue weighted by Crippen LogP contribution is 2.42. The number of nitrogens with zero attached hydrogens (tertiary/aromatic N) is 4. The van der Waals surface area contributed by atoms with Gasteiger partial charge in [-0.2, -0.15) is 5.26 Å². The molecule has 6 aromatic carbocycles. The Morgan fingerprint density at radius 3 is 1.98 bits per heavy atom. The maximum Gasteiger partial charge on any atom is 0.0992 e. The van der Waals surface area contributed by atoms with Crippen LogP contribution in [-0.2, 0) is 0 Å². The summed E-state index contributed by atoms with van der Waals surface area (Å²) in [6.07, 6.45) is 1.69. The van der Waals surface area contributed by atoms with E-state index in [1.807, 2.05) is 12.1 Å². The summed E-state index contributed by atoms with van der Waals surface area (Å²) in [5.41, 5.74) is 11.6. The Morgan fingerprint density at radius 2 is 1.15 bits per heavy atom. The molecule has 3 heterocycles. The number of aromatic nitrogens is 3. The third-order valence-electron chi connectivity index (χ3n) is 8.97. The van der Waals surface area contributed by atoms with Crippen LogP contribution in [0.1, 0.15) is 5.56 Å². The van der Waals surface area contributed by atoms with Crippen LogP contribution in [0.5, 0.6) is 0 Å². The monoisotopic (exact) mass is 586 g/mol. The maximum absolute atomic E-state index is 9.40. The molecule has 9 rings (SSSR count). The van der Waals surface area contributed by atoms with Crippen molar-refractivity contribution < 1.29 is 0 Å². The van der Waals surface area contributed by atoms with E-state index in [1.165, 1.54) is 38.1 Å². The lowest BCUT2D eigenvalue weighted by Gasteiger charge is -2.12. The number of fused-ring (bicyclic) bond motifs is 7. The molecule has 0 saturated carbocycles. The highest BCUT2D eigenvalue weighted by Gasteiger charge is 2.20. The predicted molar refractivity (Wildman–Crippen MR) is 189 cm³/mol. The molecule has 0 aliphatic rings. The molecule has 0 saturated heterocycles. The summed E-state index contributed by atoms with van der Waals surface area (Å²) in [6, 6.07) is 55.5. The molecule has 0 radical (unpaired) electrons. The first-order chi connectivity index (χ1) is 22.8. The van der Waals surface area contributed by atoms with E-state index in [-0.39, 0.29) is 0 Å². The van der Waals surface area contributed by atoms with Crippen LogP contribution in [0.4, 0.5) is 0 Å². The topological polar surface area (TPSA) is 46.5 Å². The van der Waals surface area contributed by atoms with Gasteiger partial charge in [-0.3, -0.25) is 4.98 Å². The molecule has 4 heteroatoms. The number of benzene rings is 6. The summed E-state index contributed by atoms with van der Waals surface area (Å²) in [5, 5.41) is 14.4. The summed E-state index contributed by atoms with van der Waals surface area (Å²) in [4.78, 5) is 4.53. The van der Waals surface area contributed by atoms with Crippen molar-refractivity contribution in [2.75, 3.05) is 0 Å². The number of pyridine rings is 1. The Bertz CT molecular complexity index is 2650. The Labute approximate surface area is 265 Å². The van der Waals surface area contributed by atoms with Gasteiger partial charge in [-0.25, -0.2) is 0 Å². The lowest BCUT2D eigenvalue weighted by molar-refractivity contribution is 1.17. The van der Waals surface area contributed by atoms with E-state index in [0.717, 1.165) is 39.3 Å². The molecule has 0 fully saturated rings. The molecular weight excluding hydrogens is 560 g/mol. The van der Waals surface area contributed by atoms with E-state index < -0.39 is 0 Å². The Hall–Kier alpha value is -6.44.